The molecule has 0 aliphatic carbocycles. The van der Waals surface area contributed by atoms with Crippen LogP contribution in [0.15, 0.2) is 42.5 Å². The van der Waals surface area contributed by atoms with E-state index in [9.17, 15) is 0 Å². The minimum absolute atomic E-state index is 0.179. The second-order valence-corrected chi connectivity index (χ2v) is 6.14. The lowest BCUT2D eigenvalue weighted by molar-refractivity contribution is 0.529. The van der Waals surface area contributed by atoms with Crippen LogP contribution in [-0.2, 0) is 6.42 Å². The molecule has 0 aliphatic heterocycles. The molecule has 2 aromatic rings. The van der Waals surface area contributed by atoms with E-state index in [1.165, 1.54) is 5.56 Å². The molecule has 0 saturated carbocycles. The van der Waals surface area contributed by atoms with Crippen LogP contribution >= 0.6 is 23.2 Å². The maximum atomic E-state index is 6.44. The molecule has 1 atom stereocenters. The van der Waals surface area contributed by atoms with Gasteiger partial charge in [-0.15, -0.1) is 0 Å². The van der Waals surface area contributed by atoms with E-state index in [4.69, 9.17) is 23.2 Å². The molecule has 112 valence electrons. The van der Waals surface area contributed by atoms with E-state index < -0.39 is 0 Å². The highest BCUT2D eigenvalue weighted by Crippen LogP contribution is 2.29. The number of nitrogens with one attached hydrogen (secondary N) is 1. The van der Waals surface area contributed by atoms with Crippen LogP contribution in [0.5, 0.6) is 0 Å². The average Bonchev–Trinajstić information content (AvgIpc) is 2.46. The van der Waals surface area contributed by atoms with E-state index in [2.05, 4.69) is 37.4 Å². The van der Waals surface area contributed by atoms with Crippen molar-refractivity contribution in [3.05, 3.63) is 69.2 Å². The molecule has 2 rings (SSSR count). The second kappa shape index (κ2) is 7.84. The first-order valence-corrected chi connectivity index (χ1v) is 8.10. The highest BCUT2D eigenvalue weighted by atomic mass is 35.5. The van der Waals surface area contributed by atoms with Gasteiger partial charge in [-0.2, -0.15) is 0 Å². The molecule has 0 amide bonds. The van der Waals surface area contributed by atoms with E-state index in [1.807, 2.05) is 24.3 Å². The van der Waals surface area contributed by atoms with E-state index in [0.717, 1.165) is 40.6 Å². The summed E-state index contributed by atoms with van der Waals surface area (Å²) in [5.74, 6) is 0. The molecule has 0 radical (unpaired) electrons. The summed E-state index contributed by atoms with van der Waals surface area (Å²) in [4.78, 5) is 0. The molecular formula is C18H21Cl2N. The number of rotatable bonds is 6. The number of aryl methyl sites for hydroxylation is 1. The maximum Gasteiger partial charge on any atom is 0.0456 e. The van der Waals surface area contributed by atoms with Gasteiger partial charge in [-0.1, -0.05) is 60.5 Å². The van der Waals surface area contributed by atoms with Crippen molar-refractivity contribution in [2.75, 3.05) is 6.54 Å². The van der Waals surface area contributed by atoms with Crippen LogP contribution in [-0.4, -0.2) is 6.54 Å². The smallest absolute Gasteiger partial charge is 0.0456 e. The zero-order valence-corrected chi connectivity index (χ0v) is 14.0. The van der Waals surface area contributed by atoms with Gasteiger partial charge in [0.2, 0.25) is 0 Å². The average molecular weight is 322 g/mol. The fourth-order valence-corrected chi connectivity index (χ4v) is 2.99. The van der Waals surface area contributed by atoms with Crippen LogP contribution in [0.1, 0.15) is 36.1 Å². The predicted octanol–water partition coefficient (Wildman–Crippen LogP) is 5.59. The highest BCUT2D eigenvalue weighted by Gasteiger charge is 2.16. The Morgan fingerprint density at radius 1 is 1.05 bits per heavy atom. The molecule has 1 unspecified atom stereocenters. The summed E-state index contributed by atoms with van der Waals surface area (Å²) in [6.45, 7) is 5.17. The van der Waals surface area contributed by atoms with E-state index >= 15 is 0 Å². The Morgan fingerprint density at radius 2 is 1.81 bits per heavy atom. The Labute approximate surface area is 137 Å². The van der Waals surface area contributed by atoms with Crippen LogP contribution in [0.25, 0.3) is 0 Å². The lowest BCUT2D eigenvalue weighted by atomic mass is 9.97. The molecule has 21 heavy (non-hydrogen) atoms. The summed E-state index contributed by atoms with van der Waals surface area (Å²) in [7, 11) is 0. The summed E-state index contributed by atoms with van der Waals surface area (Å²) in [6.07, 6.45) is 1.92. The monoisotopic (exact) mass is 321 g/mol. The third kappa shape index (κ3) is 4.47. The van der Waals surface area contributed by atoms with Crippen LogP contribution < -0.4 is 5.32 Å². The largest absolute Gasteiger partial charge is 0.310 e. The van der Waals surface area contributed by atoms with Crippen molar-refractivity contribution in [2.45, 2.75) is 32.7 Å². The van der Waals surface area contributed by atoms with Crippen LogP contribution in [0, 0.1) is 6.92 Å². The standard InChI is InChI=1S/C18H21Cl2N/c1-3-10-21-18(12-14-6-4-5-7-16(14)19)15-9-8-13(2)11-17(15)20/h4-9,11,18,21H,3,10,12H2,1-2H3. The summed E-state index contributed by atoms with van der Waals surface area (Å²) >= 11 is 12.7. The van der Waals surface area contributed by atoms with Gasteiger partial charge < -0.3 is 5.32 Å². The normalized spacial score (nSPS) is 12.4. The van der Waals surface area contributed by atoms with Crippen molar-refractivity contribution in [3.8, 4) is 0 Å². The fraction of sp³-hybridized carbons (Fsp3) is 0.333. The third-order valence-corrected chi connectivity index (χ3v) is 4.25. The molecule has 0 spiro atoms. The number of hydrogen-bond acceptors (Lipinski definition) is 1. The summed E-state index contributed by atoms with van der Waals surface area (Å²) in [5.41, 5.74) is 3.45. The minimum atomic E-state index is 0.179. The summed E-state index contributed by atoms with van der Waals surface area (Å²) < 4.78 is 0. The molecule has 0 bridgehead atoms. The lowest BCUT2D eigenvalue weighted by Crippen LogP contribution is -2.24. The third-order valence-electron chi connectivity index (χ3n) is 3.55. The van der Waals surface area contributed by atoms with Crippen molar-refractivity contribution in [1.29, 1.82) is 0 Å². The Balaban J connectivity index is 2.27. The molecule has 3 heteroatoms. The number of halogens is 2. The van der Waals surface area contributed by atoms with Crippen molar-refractivity contribution in [2.24, 2.45) is 0 Å². The second-order valence-electron chi connectivity index (χ2n) is 5.33. The van der Waals surface area contributed by atoms with Crippen LogP contribution in [0.4, 0.5) is 0 Å². The Bertz CT molecular complexity index is 596. The molecule has 0 heterocycles. The maximum absolute atomic E-state index is 6.44. The molecule has 0 aromatic heterocycles. The Morgan fingerprint density at radius 3 is 2.48 bits per heavy atom. The van der Waals surface area contributed by atoms with Gasteiger partial charge in [0, 0.05) is 16.1 Å². The van der Waals surface area contributed by atoms with Gasteiger partial charge in [0.15, 0.2) is 0 Å². The Kier molecular flexibility index (Phi) is 6.10. The van der Waals surface area contributed by atoms with Gasteiger partial charge in [0.1, 0.15) is 0 Å². The predicted molar refractivity (Wildman–Crippen MR) is 92.4 cm³/mol. The lowest BCUT2D eigenvalue weighted by Gasteiger charge is -2.21. The molecule has 2 aromatic carbocycles. The van der Waals surface area contributed by atoms with Crippen molar-refractivity contribution in [3.63, 3.8) is 0 Å². The molecule has 1 nitrogen and oxygen atoms in total. The zero-order valence-electron chi connectivity index (χ0n) is 12.5. The Hall–Kier alpha value is -1.02. The van der Waals surface area contributed by atoms with Gasteiger partial charge in [0.05, 0.1) is 0 Å². The number of hydrogen-bond donors (Lipinski definition) is 1. The highest BCUT2D eigenvalue weighted by molar-refractivity contribution is 6.31. The van der Waals surface area contributed by atoms with Crippen molar-refractivity contribution in [1.82, 2.24) is 5.32 Å². The first kappa shape index (κ1) is 16.4. The quantitative estimate of drug-likeness (QED) is 0.731. The van der Waals surface area contributed by atoms with Crippen LogP contribution in [0.2, 0.25) is 10.0 Å². The first-order valence-electron chi connectivity index (χ1n) is 7.34. The molecule has 0 fully saturated rings. The number of benzene rings is 2. The van der Waals surface area contributed by atoms with Gasteiger partial charge in [-0.3, -0.25) is 0 Å². The van der Waals surface area contributed by atoms with E-state index in [1.54, 1.807) is 0 Å². The SMILES string of the molecule is CCCNC(Cc1ccccc1Cl)c1ccc(C)cc1Cl. The first-order chi connectivity index (χ1) is 10.1. The minimum Gasteiger partial charge on any atom is -0.310 e. The summed E-state index contributed by atoms with van der Waals surface area (Å²) in [6, 6.07) is 14.4. The fourth-order valence-electron chi connectivity index (χ4n) is 2.41. The molecule has 0 aliphatic rings. The van der Waals surface area contributed by atoms with Crippen LogP contribution in [0.3, 0.4) is 0 Å². The van der Waals surface area contributed by atoms with E-state index in [0.29, 0.717) is 0 Å². The topological polar surface area (TPSA) is 12.0 Å². The molecular weight excluding hydrogens is 301 g/mol. The van der Waals surface area contributed by atoms with Gasteiger partial charge in [-0.05, 0) is 55.1 Å². The molecule has 1 N–H and O–H groups in total. The zero-order chi connectivity index (χ0) is 15.2. The van der Waals surface area contributed by atoms with E-state index in [-0.39, 0.29) is 6.04 Å². The molecule has 0 saturated heterocycles. The van der Waals surface area contributed by atoms with Crippen molar-refractivity contribution < 1.29 is 0 Å². The van der Waals surface area contributed by atoms with Crippen molar-refractivity contribution >= 4 is 23.2 Å². The van der Waals surface area contributed by atoms with Gasteiger partial charge in [-0.25, -0.2) is 0 Å². The van der Waals surface area contributed by atoms with Gasteiger partial charge >= 0.3 is 0 Å². The summed E-state index contributed by atoms with van der Waals surface area (Å²) in [5, 5.41) is 5.20. The van der Waals surface area contributed by atoms with Gasteiger partial charge in [0.25, 0.3) is 0 Å².